The van der Waals surface area contributed by atoms with Crippen LogP contribution in [0.2, 0.25) is 58.9 Å². The van der Waals surface area contributed by atoms with Gasteiger partial charge in [-0.25, -0.2) is 14.4 Å². The molecule has 0 fully saturated rings. The van der Waals surface area contributed by atoms with Crippen LogP contribution in [0, 0.1) is 10.1 Å². The average Bonchev–Trinajstić information content (AvgIpc) is 2.19. The summed E-state index contributed by atoms with van der Waals surface area (Å²) in [5.41, 5.74) is -3.36. The lowest BCUT2D eigenvalue weighted by molar-refractivity contribution is -0.527. The quantitative estimate of drug-likeness (QED) is 0.271. The molecule has 0 aliphatic heterocycles. The SMILES string of the molecule is C[Si](C)(C)OC(=O)C(C(=O)O[Si](C)(C)C)(C(=O)O[Si](C)(C)C)[N+](=O)[O-]. The number of nitro groups is 1. The van der Waals surface area contributed by atoms with Gasteiger partial charge >= 0.3 is 23.4 Å². The second kappa shape index (κ2) is 7.37. The van der Waals surface area contributed by atoms with Crippen LogP contribution in [0.3, 0.4) is 0 Å². The van der Waals surface area contributed by atoms with Crippen molar-refractivity contribution in [3.8, 4) is 0 Å². The molecule has 0 atom stereocenters. The van der Waals surface area contributed by atoms with Gasteiger partial charge in [0.25, 0.3) is 0 Å². The first-order chi connectivity index (χ1) is 10.8. The van der Waals surface area contributed by atoms with E-state index in [2.05, 4.69) is 0 Å². The molecular weight excluding hydrogens is 382 g/mol. The van der Waals surface area contributed by atoms with Gasteiger partial charge in [-0.15, -0.1) is 0 Å². The molecule has 0 aromatic carbocycles. The summed E-state index contributed by atoms with van der Waals surface area (Å²) in [5.74, 6) is -4.66. The fraction of sp³-hybridized carbons (Fsp3) is 0.769. The van der Waals surface area contributed by atoms with Crippen LogP contribution in [0.25, 0.3) is 0 Å². The lowest BCUT2D eigenvalue weighted by atomic mass is 10.0. The van der Waals surface area contributed by atoms with Gasteiger partial charge in [0, 0.05) is 0 Å². The molecule has 0 saturated heterocycles. The van der Waals surface area contributed by atoms with Crippen molar-refractivity contribution in [2.75, 3.05) is 0 Å². The van der Waals surface area contributed by atoms with Crippen LogP contribution in [0.4, 0.5) is 0 Å². The molecule has 0 spiro atoms. The molecule has 0 heterocycles. The Hall–Kier alpha value is -1.54. The van der Waals surface area contributed by atoms with Crippen molar-refractivity contribution in [2.24, 2.45) is 0 Å². The van der Waals surface area contributed by atoms with E-state index in [4.69, 9.17) is 13.3 Å². The van der Waals surface area contributed by atoms with Gasteiger partial charge in [-0.2, -0.15) is 0 Å². The van der Waals surface area contributed by atoms with Crippen molar-refractivity contribution >= 4 is 42.9 Å². The normalized spacial score (nSPS) is 13.0. The lowest BCUT2D eigenvalue weighted by Crippen LogP contribution is -2.65. The number of nitrogens with zero attached hydrogens (tertiary/aromatic N) is 1. The van der Waals surface area contributed by atoms with Crippen molar-refractivity contribution in [3.05, 3.63) is 10.1 Å². The van der Waals surface area contributed by atoms with Crippen LogP contribution in [0.5, 0.6) is 0 Å². The fourth-order valence-corrected chi connectivity index (χ4v) is 3.64. The highest BCUT2D eigenvalue weighted by atomic mass is 28.4. The summed E-state index contributed by atoms with van der Waals surface area (Å²) < 4.78 is 15.4. The first-order valence-electron chi connectivity index (χ1n) is 7.68. The zero-order valence-corrected chi connectivity index (χ0v) is 19.2. The van der Waals surface area contributed by atoms with Gasteiger partial charge in [-0.3, -0.25) is 10.1 Å². The van der Waals surface area contributed by atoms with E-state index in [1.807, 2.05) is 0 Å². The molecule has 0 unspecified atom stereocenters. The number of hydrogen-bond acceptors (Lipinski definition) is 8. The van der Waals surface area contributed by atoms with Crippen LogP contribution in [0.15, 0.2) is 0 Å². The maximum Gasteiger partial charge on any atom is 0.499 e. The monoisotopic (exact) mass is 409 g/mol. The molecule has 25 heavy (non-hydrogen) atoms. The third kappa shape index (κ3) is 6.70. The molecule has 0 radical (unpaired) electrons. The van der Waals surface area contributed by atoms with Gasteiger partial charge in [0.2, 0.25) is 25.0 Å². The summed E-state index contributed by atoms with van der Waals surface area (Å²) in [6.45, 7) is 14.4. The molecule has 0 rings (SSSR count). The Morgan fingerprint density at radius 3 is 1.00 bits per heavy atom. The Labute approximate surface area is 150 Å². The van der Waals surface area contributed by atoms with E-state index in [-0.39, 0.29) is 0 Å². The van der Waals surface area contributed by atoms with Gasteiger partial charge in [-0.05, 0) is 58.9 Å². The number of carbonyl (C=O) groups excluding carboxylic acids is 3. The molecule has 0 aliphatic carbocycles. The maximum absolute atomic E-state index is 12.6. The predicted octanol–water partition coefficient (Wildman–Crippen LogP) is 2.14. The van der Waals surface area contributed by atoms with Crippen LogP contribution < -0.4 is 0 Å². The molecule has 12 heteroatoms. The summed E-state index contributed by atoms with van der Waals surface area (Å²) in [6.07, 6.45) is 0. The summed E-state index contributed by atoms with van der Waals surface area (Å²) in [7, 11) is -7.90. The highest BCUT2D eigenvalue weighted by Crippen LogP contribution is 2.24. The largest absolute Gasteiger partial charge is 0.514 e. The minimum atomic E-state index is -3.36. The van der Waals surface area contributed by atoms with Crippen molar-refractivity contribution in [3.63, 3.8) is 0 Å². The first-order valence-corrected chi connectivity index (χ1v) is 17.9. The van der Waals surface area contributed by atoms with Crippen LogP contribution in [0.1, 0.15) is 0 Å². The molecule has 0 bridgehead atoms. The summed E-state index contributed by atoms with van der Waals surface area (Å²) in [4.78, 5) is 48.2. The average molecular weight is 410 g/mol. The Bertz CT molecular complexity index is 502. The third-order valence-electron chi connectivity index (χ3n) is 2.36. The van der Waals surface area contributed by atoms with E-state index >= 15 is 0 Å². The Morgan fingerprint density at radius 1 is 0.680 bits per heavy atom. The van der Waals surface area contributed by atoms with Crippen LogP contribution in [-0.2, 0) is 27.7 Å². The summed E-state index contributed by atoms with van der Waals surface area (Å²) >= 11 is 0. The molecular formula is C13H27NO8Si3. The van der Waals surface area contributed by atoms with E-state index in [0.29, 0.717) is 0 Å². The zero-order chi connectivity index (χ0) is 20.4. The third-order valence-corrected chi connectivity index (χ3v) is 4.75. The minimum absolute atomic E-state index is 1.26. The van der Waals surface area contributed by atoms with E-state index in [1.165, 1.54) is 0 Å². The zero-order valence-electron chi connectivity index (χ0n) is 16.2. The van der Waals surface area contributed by atoms with Gasteiger partial charge in [0.1, 0.15) is 0 Å². The van der Waals surface area contributed by atoms with E-state index in [0.717, 1.165) is 0 Å². The Balaban J connectivity index is 6.30. The summed E-state index contributed by atoms with van der Waals surface area (Å²) in [6, 6.07) is 0. The van der Waals surface area contributed by atoms with E-state index in [1.54, 1.807) is 58.9 Å². The Kier molecular flexibility index (Phi) is 6.92. The van der Waals surface area contributed by atoms with Crippen LogP contribution in [-0.4, -0.2) is 53.3 Å². The molecule has 0 aromatic heterocycles. The smallest absolute Gasteiger partial charge is 0.499 e. The number of hydrogen-bond donors (Lipinski definition) is 0. The second-order valence-corrected chi connectivity index (χ2v) is 21.8. The van der Waals surface area contributed by atoms with Crippen molar-refractivity contribution in [1.29, 1.82) is 0 Å². The summed E-state index contributed by atoms with van der Waals surface area (Å²) in [5, 5.41) is 11.8. The van der Waals surface area contributed by atoms with Crippen molar-refractivity contribution in [2.45, 2.75) is 64.5 Å². The highest BCUT2D eigenvalue weighted by molar-refractivity contribution is 6.73. The molecule has 9 nitrogen and oxygen atoms in total. The molecule has 0 N–H and O–H groups in total. The van der Waals surface area contributed by atoms with Crippen molar-refractivity contribution in [1.82, 2.24) is 0 Å². The van der Waals surface area contributed by atoms with Crippen LogP contribution >= 0.6 is 0 Å². The second-order valence-electron chi connectivity index (χ2n) is 8.47. The standard InChI is InChI=1S/C13H27NO8Si3/c1-23(2,3)20-10(15)13(14(18)19,11(16)21-24(4,5)6)12(17)22-25(7,8)9/h1-9H3. The number of carbonyl (C=O) groups is 3. The Morgan fingerprint density at radius 2 is 0.880 bits per heavy atom. The molecule has 0 saturated carbocycles. The molecule has 0 aliphatic rings. The number of rotatable bonds is 7. The first kappa shape index (κ1) is 23.5. The highest BCUT2D eigenvalue weighted by Gasteiger charge is 2.71. The topological polar surface area (TPSA) is 122 Å². The minimum Gasteiger partial charge on any atom is -0.514 e. The van der Waals surface area contributed by atoms with Gasteiger partial charge in [-0.1, -0.05) is 0 Å². The van der Waals surface area contributed by atoms with Gasteiger partial charge in [0.05, 0.1) is 4.92 Å². The molecule has 144 valence electrons. The van der Waals surface area contributed by atoms with E-state index in [9.17, 15) is 24.5 Å². The predicted molar refractivity (Wildman–Crippen MR) is 98.0 cm³/mol. The van der Waals surface area contributed by atoms with Gasteiger partial charge < -0.3 is 13.3 Å². The molecule has 0 aromatic rings. The maximum atomic E-state index is 12.6. The van der Waals surface area contributed by atoms with E-state index < -0.39 is 53.3 Å². The lowest BCUT2D eigenvalue weighted by Gasteiger charge is -2.29. The fourth-order valence-electron chi connectivity index (χ4n) is 1.53. The van der Waals surface area contributed by atoms with Gasteiger partial charge in [0.15, 0.2) is 0 Å². The van der Waals surface area contributed by atoms with Crippen molar-refractivity contribution < 1.29 is 32.6 Å². The molecule has 0 amide bonds.